The summed E-state index contributed by atoms with van der Waals surface area (Å²) in [5.41, 5.74) is 2.89. The number of hydrogen-bond acceptors (Lipinski definition) is 8. The first kappa shape index (κ1) is 57.5. The number of unbranched alkanes of at least 4 members (excludes halogenated alkanes) is 24. The lowest BCUT2D eigenvalue weighted by Gasteiger charge is -2.36. The van der Waals surface area contributed by atoms with Crippen molar-refractivity contribution in [3.63, 3.8) is 0 Å². The van der Waals surface area contributed by atoms with Crippen LogP contribution in [0.25, 0.3) is 31.1 Å². The molecule has 6 rings (SSSR count). The minimum absolute atomic E-state index is 0.191. The highest BCUT2D eigenvalue weighted by atomic mass is 32.1. The van der Waals surface area contributed by atoms with Gasteiger partial charge < -0.3 is 0 Å². The van der Waals surface area contributed by atoms with Crippen molar-refractivity contribution in [2.45, 2.75) is 247 Å². The molecule has 2 aliphatic rings. The number of thiazole rings is 2. The molecule has 0 radical (unpaired) electrons. The van der Waals surface area contributed by atoms with Gasteiger partial charge in [-0.05, 0) is 69.1 Å². The second-order valence-electron chi connectivity index (χ2n) is 21.8. The van der Waals surface area contributed by atoms with Gasteiger partial charge in [-0.15, -0.1) is 22.7 Å². The van der Waals surface area contributed by atoms with E-state index in [1.54, 1.807) is 11.3 Å². The van der Waals surface area contributed by atoms with Gasteiger partial charge >= 0.3 is 0 Å². The second kappa shape index (κ2) is 30.6. The minimum Gasteiger partial charge on any atom is -0.274 e. The molecule has 2 aromatic heterocycles. The summed E-state index contributed by atoms with van der Waals surface area (Å²) in [6, 6.07) is 3.71. The Kier molecular flexibility index (Phi) is 24.4. The summed E-state index contributed by atoms with van der Waals surface area (Å²) in [5, 5.41) is 2.48. The highest BCUT2D eigenvalue weighted by molar-refractivity contribution is 7.23. The molecule has 2 unspecified atom stereocenters. The molecule has 2 aromatic carbocycles. The Labute approximate surface area is 443 Å². The number of rotatable bonds is 38. The van der Waals surface area contributed by atoms with Crippen LogP contribution in [0.15, 0.2) is 24.5 Å². The first-order chi connectivity index (χ1) is 35.1. The van der Waals surface area contributed by atoms with Gasteiger partial charge in [-0.2, -0.15) is 0 Å². The van der Waals surface area contributed by atoms with Crippen molar-refractivity contribution in [1.29, 1.82) is 0 Å². The van der Waals surface area contributed by atoms with Crippen molar-refractivity contribution in [3.05, 3.63) is 57.4 Å². The molecule has 0 fully saturated rings. The molecule has 2 aliphatic heterocycles. The molecule has 4 heterocycles. The number of imide groups is 2. The van der Waals surface area contributed by atoms with E-state index in [9.17, 15) is 0 Å². The van der Waals surface area contributed by atoms with Crippen LogP contribution in [-0.4, -0.2) is 56.5 Å². The van der Waals surface area contributed by atoms with Crippen LogP contribution in [0.4, 0.5) is 0 Å². The normalized spacial score (nSPS) is 14.4. The Bertz CT molecular complexity index is 2350. The standard InChI is InChI=1S/C62H92N4O4S2/c1-7-11-15-19-23-25-29-33-37-47(35-31-27-21-17-13-9-3)43-65-60(68)51-40-49(58-64-42-53(72-58)52-41-63-46(6)71-52)57-56-50(39-45(5)54(55(51)56)61(65)69)59(67)66(62(57)70)44-48(36-32-28-22-18-14-10-4)38-34-30-26-24-20-16-12-8-2/h39-42,47-48H,7-38,43-44H2,1-6H3. The molecule has 2 atom stereocenters. The monoisotopic (exact) mass is 1020 g/mol. The predicted molar refractivity (Wildman–Crippen MR) is 304 cm³/mol. The molecule has 4 amide bonds. The third-order valence-electron chi connectivity index (χ3n) is 15.8. The third kappa shape index (κ3) is 15.6. The summed E-state index contributed by atoms with van der Waals surface area (Å²) in [5.74, 6) is -0.902. The van der Waals surface area contributed by atoms with Gasteiger partial charge in [-0.3, -0.25) is 29.0 Å². The number of nitrogens with zero attached hydrogens (tertiary/aromatic N) is 4. The maximum Gasteiger partial charge on any atom is 0.262 e. The van der Waals surface area contributed by atoms with Gasteiger partial charge in [0, 0.05) is 52.9 Å². The Morgan fingerprint density at radius 2 is 0.778 bits per heavy atom. The summed E-state index contributed by atoms with van der Waals surface area (Å²) >= 11 is 3.08. The van der Waals surface area contributed by atoms with E-state index in [-0.39, 0.29) is 35.5 Å². The Morgan fingerprint density at radius 1 is 0.417 bits per heavy atom. The zero-order valence-corrected chi connectivity index (χ0v) is 47.4. The Balaban J connectivity index is 1.33. The van der Waals surface area contributed by atoms with Gasteiger partial charge in [0.15, 0.2) is 0 Å². The molecular formula is C62H92N4O4S2. The van der Waals surface area contributed by atoms with Crippen LogP contribution in [-0.2, 0) is 0 Å². The summed E-state index contributed by atoms with van der Waals surface area (Å²) < 4.78 is 0. The number of aromatic nitrogens is 2. The van der Waals surface area contributed by atoms with Gasteiger partial charge in [0.1, 0.15) is 5.01 Å². The lowest BCUT2D eigenvalue weighted by molar-refractivity contribution is 0.0556. The number of aryl methyl sites for hydroxylation is 2. The van der Waals surface area contributed by atoms with Crippen molar-refractivity contribution in [2.75, 3.05) is 13.1 Å². The molecule has 4 aromatic rings. The Hall–Kier alpha value is -3.76. The lowest BCUT2D eigenvalue weighted by Crippen LogP contribution is -2.46. The van der Waals surface area contributed by atoms with Crippen LogP contribution in [0, 0.1) is 25.7 Å². The fourth-order valence-electron chi connectivity index (χ4n) is 11.6. The van der Waals surface area contributed by atoms with E-state index in [4.69, 9.17) is 4.98 Å². The molecular weight excluding hydrogens is 929 g/mol. The fourth-order valence-corrected chi connectivity index (χ4v) is 13.3. The van der Waals surface area contributed by atoms with Gasteiger partial charge in [0.25, 0.3) is 23.6 Å². The minimum atomic E-state index is -0.343. The van der Waals surface area contributed by atoms with Crippen LogP contribution in [0.2, 0.25) is 0 Å². The molecule has 10 heteroatoms. The first-order valence-corrected chi connectivity index (χ1v) is 31.0. The van der Waals surface area contributed by atoms with E-state index < -0.39 is 0 Å². The van der Waals surface area contributed by atoms with Crippen LogP contribution >= 0.6 is 22.7 Å². The molecule has 0 N–H and O–H groups in total. The highest BCUT2D eigenvalue weighted by Gasteiger charge is 2.43. The summed E-state index contributed by atoms with van der Waals surface area (Å²) in [6.07, 6.45) is 41.9. The van der Waals surface area contributed by atoms with Crippen LogP contribution < -0.4 is 0 Å². The van der Waals surface area contributed by atoms with Crippen molar-refractivity contribution in [2.24, 2.45) is 11.8 Å². The molecule has 0 bridgehead atoms. The smallest absolute Gasteiger partial charge is 0.262 e. The maximum atomic E-state index is 15.4. The zero-order chi connectivity index (χ0) is 51.2. The lowest BCUT2D eigenvalue weighted by atomic mass is 9.81. The quantitative estimate of drug-likeness (QED) is 0.0327. The van der Waals surface area contributed by atoms with Crippen molar-refractivity contribution >= 4 is 57.1 Å². The predicted octanol–water partition coefficient (Wildman–Crippen LogP) is 18.7. The van der Waals surface area contributed by atoms with Gasteiger partial charge in [-0.25, -0.2) is 9.97 Å². The molecule has 72 heavy (non-hydrogen) atoms. The molecule has 0 spiro atoms. The number of hydrogen-bond donors (Lipinski definition) is 0. The molecule has 396 valence electrons. The third-order valence-corrected chi connectivity index (χ3v) is 18.0. The summed E-state index contributed by atoms with van der Waals surface area (Å²) in [7, 11) is 0. The van der Waals surface area contributed by atoms with Crippen molar-refractivity contribution in [1.82, 2.24) is 19.8 Å². The second-order valence-corrected chi connectivity index (χ2v) is 24.1. The van der Waals surface area contributed by atoms with E-state index in [1.807, 2.05) is 38.4 Å². The number of amides is 4. The van der Waals surface area contributed by atoms with E-state index in [0.717, 1.165) is 72.5 Å². The SMILES string of the molecule is CCCCCCCCCCC(CCCCCCCC)CN1C(=O)c2cc(-c3ncc(-c4cnc(C)s4)s3)c3c4c(cc(C)c(c24)C1=O)C(=O)N(CC(CCCCCCCC)CCCCCCCCCC)C3=O. The largest absolute Gasteiger partial charge is 0.274 e. The van der Waals surface area contributed by atoms with Crippen LogP contribution in [0.5, 0.6) is 0 Å². The molecule has 0 saturated heterocycles. The average molecular weight is 1020 g/mol. The number of benzene rings is 2. The zero-order valence-electron chi connectivity index (χ0n) is 45.7. The number of carbonyl (C=O) groups excluding carboxylic acids is 4. The average Bonchev–Trinajstić information content (AvgIpc) is 4.05. The van der Waals surface area contributed by atoms with Gasteiger partial charge in [0.2, 0.25) is 0 Å². The summed E-state index contributed by atoms with van der Waals surface area (Å²) in [4.78, 5) is 75.2. The highest BCUT2D eigenvalue weighted by Crippen LogP contribution is 2.46. The van der Waals surface area contributed by atoms with E-state index in [2.05, 4.69) is 32.7 Å². The molecule has 0 saturated carbocycles. The maximum absolute atomic E-state index is 15.4. The molecule has 0 aliphatic carbocycles. The van der Waals surface area contributed by atoms with Crippen LogP contribution in [0.1, 0.15) is 285 Å². The molecule has 8 nitrogen and oxygen atoms in total. The van der Waals surface area contributed by atoms with Crippen molar-refractivity contribution in [3.8, 4) is 20.3 Å². The van der Waals surface area contributed by atoms with Gasteiger partial charge in [0.05, 0.1) is 25.9 Å². The summed E-state index contributed by atoms with van der Waals surface area (Å²) in [6.45, 7) is 13.6. The number of carbonyl (C=O) groups is 4. The van der Waals surface area contributed by atoms with Crippen molar-refractivity contribution < 1.29 is 19.2 Å². The topological polar surface area (TPSA) is 101 Å². The van der Waals surface area contributed by atoms with E-state index in [1.165, 1.54) is 169 Å². The first-order valence-electron chi connectivity index (χ1n) is 29.4. The van der Waals surface area contributed by atoms with E-state index >= 15 is 19.2 Å². The van der Waals surface area contributed by atoms with Gasteiger partial charge in [-0.1, -0.05) is 207 Å². The Morgan fingerprint density at radius 3 is 1.19 bits per heavy atom. The fraction of sp³-hybridized carbons (Fsp3) is 0.677. The van der Waals surface area contributed by atoms with E-state index in [0.29, 0.717) is 62.3 Å². The van der Waals surface area contributed by atoms with Crippen LogP contribution in [0.3, 0.4) is 0 Å².